The van der Waals surface area contributed by atoms with Gasteiger partial charge in [-0.2, -0.15) is 0 Å². The van der Waals surface area contributed by atoms with Crippen molar-refractivity contribution in [3.63, 3.8) is 0 Å². The van der Waals surface area contributed by atoms with Gasteiger partial charge in [0.25, 0.3) is 0 Å². The lowest BCUT2D eigenvalue weighted by atomic mass is 10.1. The maximum Gasteiger partial charge on any atom is 0.306 e. The fourth-order valence-corrected chi connectivity index (χ4v) is 2.37. The molecular formula is C21H25NO4. The molecule has 2 rings (SSSR count). The van der Waals surface area contributed by atoms with Crippen molar-refractivity contribution < 1.29 is 19.1 Å². The van der Waals surface area contributed by atoms with Crippen LogP contribution in [0.3, 0.4) is 0 Å². The van der Waals surface area contributed by atoms with Crippen LogP contribution < -0.4 is 5.73 Å². The van der Waals surface area contributed by atoms with Crippen molar-refractivity contribution in [3.8, 4) is 0 Å². The molecule has 26 heavy (non-hydrogen) atoms. The molecular weight excluding hydrogens is 330 g/mol. The molecule has 0 atom stereocenters. The molecule has 0 saturated carbocycles. The van der Waals surface area contributed by atoms with E-state index < -0.39 is 0 Å². The van der Waals surface area contributed by atoms with Gasteiger partial charge in [0.05, 0.1) is 0 Å². The first kappa shape index (κ1) is 19.7. The second-order valence-electron chi connectivity index (χ2n) is 6.13. The quantitative estimate of drug-likeness (QED) is 0.661. The van der Waals surface area contributed by atoms with E-state index in [2.05, 4.69) is 0 Å². The van der Waals surface area contributed by atoms with Crippen molar-refractivity contribution in [2.75, 3.05) is 0 Å². The SMILES string of the molecule is NC(CCC(=O)OCc1ccccc1)CCC(=O)OCc1ccccc1. The summed E-state index contributed by atoms with van der Waals surface area (Å²) in [4.78, 5) is 23.5. The highest BCUT2D eigenvalue weighted by Crippen LogP contribution is 2.08. The number of carbonyl (C=O) groups is 2. The topological polar surface area (TPSA) is 78.6 Å². The summed E-state index contributed by atoms with van der Waals surface area (Å²) >= 11 is 0. The number of benzene rings is 2. The van der Waals surface area contributed by atoms with Crippen LogP contribution in [0.2, 0.25) is 0 Å². The Morgan fingerprint density at radius 3 is 1.50 bits per heavy atom. The number of esters is 2. The van der Waals surface area contributed by atoms with Crippen molar-refractivity contribution >= 4 is 11.9 Å². The van der Waals surface area contributed by atoms with E-state index in [1.54, 1.807) is 0 Å². The number of carbonyl (C=O) groups excluding carboxylic acids is 2. The molecule has 0 saturated heterocycles. The molecule has 0 aliphatic carbocycles. The molecule has 0 fully saturated rings. The Hall–Kier alpha value is -2.66. The second kappa shape index (κ2) is 11.1. The van der Waals surface area contributed by atoms with E-state index in [0.717, 1.165) is 11.1 Å². The van der Waals surface area contributed by atoms with Gasteiger partial charge in [-0.15, -0.1) is 0 Å². The first-order valence-corrected chi connectivity index (χ1v) is 8.78. The van der Waals surface area contributed by atoms with Gasteiger partial charge in [-0.3, -0.25) is 9.59 Å². The van der Waals surface area contributed by atoms with Crippen LogP contribution in [0.4, 0.5) is 0 Å². The van der Waals surface area contributed by atoms with Gasteiger partial charge in [0.15, 0.2) is 0 Å². The van der Waals surface area contributed by atoms with Crippen molar-refractivity contribution in [2.24, 2.45) is 5.73 Å². The molecule has 5 nitrogen and oxygen atoms in total. The van der Waals surface area contributed by atoms with Gasteiger partial charge in [0.1, 0.15) is 13.2 Å². The molecule has 0 aliphatic heterocycles. The predicted molar refractivity (Wildman–Crippen MR) is 98.9 cm³/mol. The summed E-state index contributed by atoms with van der Waals surface area (Å²) in [5.74, 6) is -0.563. The first-order valence-electron chi connectivity index (χ1n) is 8.78. The molecule has 0 aromatic heterocycles. The molecule has 0 bridgehead atoms. The normalized spacial score (nSPS) is 10.5. The van der Waals surface area contributed by atoms with Crippen LogP contribution in [0.1, 0.15) is 36.8 Å². The smallest absolute Gasteiger partial charge is 0.306 e. The van der Waals surface area contributed by atoms with Gasteiger partial charge in [-0.25, -0.2) is 0 Å². The van der Waals surface area contributed by atoms with Gasteiger partial charge in [-0.1, -0.05) is 60.7 Å². The van der Waals surface area contributed by atoms with Crippen molar-refractivity contribution in [2.45, 2.75) is 44.9 Å². The van der Waals surface area contributed by atoms with Crippen molar-refractivity contribution in [1.82, 2.24) is 0 Å². The van der Waals surface area contributed by atoms with E-state index in [1.807, 2.05) is 60.7 Å². The Bertz CT molecular complexity index is 613. The van der Waals surface area contributed by atoms with E-state index >= 15 is 0 Å². The summed E-state index contributed by atoms with van der Waals surface area (Å²) in [6, 6.07) is 18.8. The number of hydrogen-bond acceptors (Lipinski definition) is 5. The zero-order valence-electron chi connectivity index (χ0n) is 14.8. The molecule has 0 radical (unpaired) electrons. The van der Waals surface area contributed by atoms with Gasteiger partial charge in [0, 0.05) is 18.9 Å². The number of hydrogen-bond donors (Lipinski definition) is 1. The molecule has 0 unspecified atom stereocenters. The summed E-state index contributed by atoms with van der Waals surface area (Å²) in [5.41, 5.74) is 7.87. The van der Waals surface area contributed by atoms with Crippen LogP contribution in [0.15, 0.2) is 60.7 Å². The van der Waals surface area contributed by atoms with E-state index in [-0.39, 0.29) is 44.0 Å². The van der Waals surface area contributed by atoms with Crippen LogP contribution in [-0.4, -0.2) is 18.0 Å². The molecule has 2 N–H and O–H groups in total. The maximum absolute atomic E-state index is 11.7. The van der Waals surface area contributed by atoms with Gasteiger partial charge < -0.3 is 15.2 Å². The molecule has 0 aliphatic rings. The Kier molecular flexibility index (Phi) is 8.36. The Morgan fingerprint density at radius 2 is 1.12 bits per heavy atom. The van der Waals surface area contributed by atoms with Crippen LogP contribution in [0, 0.1) is 0 Å². The van der Waals surface area contributed by atoms with Crippen LogP contribution in [0.25, 0.3) is 0 Å². The summed E-state index contributed by atoms with van der Waals surface area (Å²) in [7, 11) is 0. The van der Waals surface area contributed by atoms with Crippen molar-refractivity contribution in [1.29, 1.82) is 0 Å². The Morgan fingerprint density at radius 1 is 0.731 bits per heavy atom. The summed E-state index contributed by atoms with van der Waals surface area (Å²) < 4.78 is 10.4. The molecule has 5 heteroatoms. The van der Waals surface area contributed by atoms with Gasteiger partial charge in [0.2, 0.25) is 0 Å². The zero-order valence-corrected chi connectivity index (χ0v) is 14.8. The minimum Gasteiger partial charge on any atom is -0.461 e. The average Bonchev–Trinajstić information content (AvgIpc) is 2.69. The highest BCUT2D eigenvalue weighted by Gasteiger charge is 2.11. The minimum absolute atomic E-state index is 0.233. The highest BCUT2D eigenvalue weighted by molar-refractivity contribution is 5.70. The number of nitrogens with two attached hydrogens (primary N) is 1. The van der Waals surface area contributed by atoms with Crippen LogP contribution in [0.5, 0.6) is 0 Å². The molecule has 2 aromatic carbocycles. The zero-order chi connectivity index (χ0) is 18.6. The van der Waals surface area contributed by atoms with E-state index in [4.69, 9.17) is 15.2 Å². The third-order valence-electron chi connectivity index (χ3n) is 3.92. The third-order valence-corrected chi connectivity index (χ3v) is 3.92. The fraction of sp³-hybridized carbons (Fsp3) is 0.333. The third kappa shape index (κ3) is 7.94. The number of rotatable bonds is 10. The lowest BCUT2D eigenvalue weighted by molar-refractivity contribution is -0.145. The Labute approximate surface area is 154 Å². The van der Waals surface area contributed by atoms with E-state index in [9.17, 15) is 9.59 Å². The van der Waals surface area contributed by atoms with Gasteiger partial charge >= 0.3 is 11.9 Å². The Balaban J connectivity index is 1.55. The minimum atomic E-state index is -0.282. The number of ether oxygens (including phenoxy) is 2. The molecule has 0 heterocycles. The lowest BCUT2D eigenvalue weighted by Gasteiger charge is -2.11. The van der Waals surface area contributed by atoms with E-state index in [0.29, 0.717) is 12.8 Å². The van der Waals surface area contributed by atoms with Crippen molar-refractivity contribution in [3.05, 3.63) is 71.8 Å². The standard InChI is InChI=1S/C21H25NO4/c22-19(11-13-20(23)25-15-17-7-3-1-4-8-17)12-14-21(24)26-16-18-9-5-2-6-10-18/h1-10,19H,11-16,22H2. The average molecular weight is 355 g/mol. The molecule has 2 aromatic rings. The van der Waals surface area contributed by atoms with E-state index in [1.165, 1.54) is 0 Å². The largest absolute Gasteiger partial charge is 0.461 e. The second-order valence-corrected chi connectivity index (χ2v) is 6.13. The lowest BCUT2D eigenvalue weighted by Crippen LogP contribution is -2.23. The fourth-order valence-electron chi connectivity index (χ4n) is 2.37. The van der Waals surface area contributed by atoms with Crippen LogP contribution in [-0.2, 0) is 32.3 Å². The summed E-state index contributed by atoms with van der Waals surface area (Å²) in [6.45, 7) is 0.529. The predicted octanol–water partition coefficient (Wildman–Crippen LogP) is 3.36. The van der Waals surface area contributed by atoms with Gasteiger partial charge in [-0.05, 0) is 24.0 Å². The summed E-state index contributed by atoms with van der Waals surface area (Å²) in [5, 5.41) is 0. The van der Waals surface area contributed by atoms with Crippen LogP contribution >= 0.6 is 0 Å². The monoisotopic (exact) mass is 355 g/mol. The maximum atomic E-state index is 11.7. The summed E-state index contributed by atoms with van der Waals surface area (Å²) in [6.07, 6.45) is 1.46. The molecule has 0 amide bonds. The molecule has 138 valence electrons. The molecule has 0 spiro atoms. The highest BCUT2D eigenvalue weighted by atomic mass is 16.5. The first-order chi connectivity index (χ1) is 12.6.